The van der Waals surface area contributed by atoms with E-state index in [2.05, 4.69) is 5.32 Å². The van der Waals surface area contributed by atoms with E-state index in [4.69, 9.17) is 23.2 Å². The molecule has 0 aromatic heterocycles. The summed E-state index contributed by atoms with van der Waals surface area (Å²) in [5.41, 5.74) is 1.54. The number of carbonyl (C=O) groups is 2. The molecule has 0 heterocycles. The maximum Gasteiger partial charge on any atom is 0.243 e. The van der Waals surface area contributed by atoms with Crippen molar-refractivity contribution in [3.8, 4) is 0 Å². The number of rotatable bonds is 10. The predicted octanol–water partition coefficient (Wildman–Crippen LogP) is 6.92. The second kappa shape index (κ2) is 13.3. The summed E-state index contributed by atoms with van der Waals surface area (Å²) in [5, 5.41) is 3.87. The number of nitrogens with zero attached hydrogens (tertiary/aromatic N) is 1. The SMILES string of the molecule is CC(C)(C)NC(=O)[C@@H](Cc1ccccc1)N(Cc1ccccc1Cl)C(=O)CSCc1c(F)cccc1Cl. The summed E-state index contributed by atoms with van der Waals surface area (Å²) in [5.74, 6) is -0.633. The van der Waals surface area contributed by atoms with Crippen molar-refractivity contribution in [1.29, 1.82) is 0 Å². The van der Waals surface area contributed by atoms with Gasteiger partial charge in [-0.2, -0.15) is 0 Å². The first kappa shape index (κ1) is 29.0. The molecule has 0 aliphatic carbocycles. The zero-order valence-corrected chi connectivity index (χ0v) is 23.5. The molecule has 0 unspecified atom stereocenters. The Labute approximate surface area is 232 Å². The highest BCUT2D eigenvalue weighted by Crippen LogP contribution is 2.26. The van der Waals surface area contributed by atoms with Gasteiger partial charge in [-0.05, 0) is 50.1 Å². The fourth-order valence-corrected chi connectivity index (χ4v) is 5.26. The molecule has 0 spiro atoms. The van der Waals surface area contributed by atoms with Crippen molar-refractivity contribution in [1.82, 2.24) is 10.2 Å². The van der Waals surface area contributed by atoms with Gasteiger partial charge in [0.1, 0.15) is 11.9 Å². The van der Waals surface area contributed by atoms with Crippen molar-refractivity contribution in [3.63, 3.8) is 0 Å². The lowest BCUT2D eigenvalue weighted by Crippen LogP contribution is -2.54. The smallest absolute Gasteiger partial charge is 0.243 e. The lowest BCUT2D eigenvalue weighted by molar-refractivity contribution is -0.140. The number of carbonyl (C=O) groups excluding carboxylic acids is 2. The molecule has 8 heteroatoms. The third-order valence-electron chi connectivity index (χ3n) is 5.60. The molecule has 3 aromatic carbocycles. The van der Waals surface area contributed by atoms with Crippen LogP contribution in [0.15, 0.2) is 72.8 Å². The minimum atomic E-state index is -0.775. The molecule has 196 valence electrons. The summed E-state index contributed by atoms with van der Waals surface area (Å²) in [4.78, 5) is 28.8. The highest BCUT2D eigenvalue weighted by atomic mass is 35.5. The number of hydrogen-bond donors (Lipinski definition) is 1. The van der Waals surface area contributed by atoms with Gasteiger partial charge in [0.2, 0.25) is 11.8 Å². The molecule has 1 N–H and O–H groups in total. The van der Waals surface area contributed by atoms with Gasteiger partial charge in [-0.15, -0.1) is 11.8 Å². The fraction of sp³-hybridized carbons (Fsp3) is 0.310. The van der Waals surface area contributed by atoms with Crippen LogP contribution in [-0.4, -0.2) is 34.0 Å². The summed E-state index contributed by atoms with van der Waals surface area (Å²) in [7, 11) is 0. The molecule has 2 amide bonds. The van der Waals surface area contributed by atoms with Gasteiger partial charge in [0.25, 0.3) is 0 Å². The summed E-state index contributed by atoms with van der Waals surface area (Å²) >= 11 is 13.9. The fourth-order valence-electron chi connectivity index (χ4n) is 3.81. The van der Waals surface area contributed by atoms with Crippen LogP contribution < -0.4 is 5.32 Å². The van der Waals surface area contributed by atoms with Crippen LogP contribution in [0.5, 0.6) is 0 Å². The Balaban J connectivity index is 1.90. The second-order valence-electron chi connectivity index (χ2n) is 9.75. The van der Waals surface area contributed by atoms with Crippen molar-refractivity contribution in [2.45, 2.75) is 51.1 Å². The zero-order chi connectivity index (χ0) is 27.0. The van der Waals surface area contributed by atoms with E-state index in [0.717, 1.165) is 11.1 Å². The average molecular weight is 562 g/mol. The monoisotopic (exact) mass is 560 g/mol. The van der Waals surface area contributed by atoms with Crippen molar-refractivity contribution in [2.24, 2.45) is 0 Å². The van der Waals surface area contributed by atoms with Crippen molar-refractivity contribution >= 4 is 46.8 Å². The van der Waals surface area contributed by atoms with Crippen LogP contribution in [0.4, 0.5) is 4.39 Å². The lowest BCUT2D eigenvalue weighted by atomic mass is 10.0. The molecular formula is C29H31Cl2FN2O2S. The van der Waals surface area contributed by atoms with E-state index in [9.17, 15) is 14.0 Å². The molecule has 0 radical (unpaired) electrons. The van der Waals surface area contributed by atoms with E-state index in [0.29, 0.717) is 22.0 Å². The summed E-state index contributed by atoms with van der Waals surface area (Å²) < 4.78 is 14.2. The molecule has 37 heavy (non-hydrogen) atoms. The van der Waals surface area contributed by atoms with Gasteiger partial charge in [-0.25, -0.2) is 4.39 Å². The lowest BCUT2D eigenvalue weighted by Gasteiger charge is -2.34. The molecule has 3 aromatic rings. The highest BCUT2D eigenvalue weighted by molar-refractivity contribution is 7.99. The van der Waals surface area contributed by atoms with Crippen LogP contribution in [-0.2, 0) is 28.3 Å². The van der Waals surface area contributed by atoms with Gasteiger partial charge in [-0.1, -0.05) is 77.8 Å². The van der Waals surface area contributed by atoms with Crippen molar-refractivity contribution in [2.75, 3.05) is 5.75 Å². The Hall–Kier alpha value is -2.54. The molecule has 0 saturated carbocycles. The molecule has 0 bridgehead atoms. The van der Waals surface area contributed by atoms with E-state index in [-0.39, 0.29) is 29.9 Å². The van der Waals surface area contributed by atoms with Crippen LogP contribution in [0.2, 0.25) is 10.0 Å². The van der Waals surface area contributed by atoms with Gasteiger partial charge >= 0.3 is 0 Å². The maximum atomic E-state index is 14.2. The predicted molar refractivity (Wildman–Crippen MR) is 151 cm³/mol. The average Bonchev–Trinajstić information content (AvgIpc) is 2.83. The summed E-state index contributed by atoms with van der Waals surface area (Å²) in [6.45, 7) is 5.87. The first-order chi connectivity index (χ1) is 17.5. The van der Waals surface area contributed by atoms with Crippen LogP contribution in [0.3, 0.4) is 0 Å². The van der Waals surface area contributed by atoms with Crippen LogP contribution >= 0.6 is 35.0 Å². The van der Waals surface area contributed by atoms with E-state index in [1.165, 1.54) is 17.8 Å². The summed E-state index contributed by atoms with van der Waals surface area (Å²) in [6, 6.07) is 20.6. The third-order valence-corrected chi connectivity index (χ3v) is 7.27. The largest absolute Gasteiger partial charge is 0.350 e. The molecule has 0 aliphatic rings. The van der Waals surface area contributed by atoms with Gasteiger partial charge in [0.15, 0.2) is 0 Å². The van der Waals surface area contributed by atoms with Crippen LogP contribution in [0.1, 0.15) is 37.5 Å². The van der Waals surface area contributed by atoms with Gasteiger partial charge in [0.05, 0.1) is 5.75 Å². The van der Waals surface area contributed by atoms with Crippen molar-refractivity contribution in [3.05, 3.63) is 105 Å². The number of halogens is 3. The molecule has 1 atom stereocenters. The second-order valence-corrected chi connectivity index (χ2v) is 11.6. The standard InChI is InChI=1S/C29H31Cl2FN2O2S/c1-29(2,3)33-28(36)26(16-20-10-5-4-6-11-20)34(17-21-12-7-8-13-23(21)30)27(35)19-37-18-22-24(31)14-9-15-25(22)32/h4-15,26H,16-19H2,1-3H3,(H,33,36)/t26-/m1/s1. The molecule has 0 saturated heterocycles. The Morgan fingerprint density at radius 3 is 2.24 bits per heavy atom. The zero-order valence-electron chi connectivity index (χ0n) is 21.1. The minimum absolute atomic E-state index is 0.0448. The third kappa shape index (κ3) is 8.77. The first-order valence-corrected chi connectivity index (χ1v) is 13.9. The summed E-state index contributed by atoms with van der Waals surface area (Å²) in [6.07, 6.45) is 0.336. The number of thioether (sulfide) groups is 1. The van der Waals surface area contributed by atoms with E-state index < -0.39 is 17.4 Å². The Morgan fingerprint density at radius 1 is 0.946 bits per heavy atom. The highest BCUT2D eigenvalue weighted by Gasteiger charge is 2.32. The molecular weight excluding hydrogens is 530 g/mol. The minimum Gasteiger partial charge on any atom is -0.350 e. The Bertz CT molecular complexity index is 1200. The Kier molecular flexibility index (Phi) is 10.4. The molecule has 0 fully saturated rings. The van der Waals surface area contributed by atoms with E-state index in [1.54, 1.807) is 23.1 Å². The van der Waals surface area contributed by atoms with Gasteiger partial charge < -0.3 is 10.2 Å². The van der Waals surface area contributed by atoms with Crippen LogP contribution in [0.25, 0.3) is 0 Å². The topological polar surface area (TPSA) is 49.4 Å². The number of benzene rings is 3. The first-order valence-electron chi connectivity index (χ1n) is 11.9. The molecule has 0 aliphatic heterocycles. The Morgan fingerprint density at radius 2 is 1.59 bits per heavy atom. The van der Waals surface area contributed by atoms with Gasteiger partial charge in [0, 0.05) is 39.9 Å². The molecule has 4 nitrogen and oxygen atoms in total. The molecule has 3 rings (SSSR count). The number of nitrogens with one attached hydrogen (secondary N) is 1. The van der Waals surface area contributed by atoms with Crippen molar-refractivity contribution < 1.29 is 14.0 Å². The van der Waals surface area contributed by atoms with E-state index in [1.807, 2.05) is 69.3 Å². The quantitative estimate of drug-likeness (QED) is 0.292. The number of hydrogen-bond acceptors (Lipinski definition) is 3. The number of amides is 2. The normalized spacial score (nSPS) is 12.2. The van der Waals surface area contributed by atoms with Crippen LogP contribution in [0, 0.1) is 5.82 Å². The van der Waals surface area contributed by atoms with Gasteiger partial charge in [-0.3, -0.25) is 9.59 Å². The van der Waals surface area contributed by atoms with E-state index >= 15 is 0 Å². The maximum absolute atomic E-state index is 14.2.